The van der Waals surface area contributed by atoms with Crippen molar-refractivity contribution in [3.63, 3.8) is 0 Å². The van der Waals surface area contributed by atoms with Crippen LogP contribution in [0.5, 0.6) is 0 Å². The van der Waals surface area contributed by atoms with Crippen LogP contribution in [-0.2, 0) is 7.05 Å². The predicted molar refractivity (Wildman–Crippen MR) is 79.1 cm³/mol. The van der Waals surface area contributed by atoms with Gasteiger partial charge in [-0.25, -0.2) is 4.98 Å². The largest absolute Gasteiger partial charge is 0.330 e. The molecule has 2 aromatic rings. The number of nitrogens with one attached hydrogen (secondary N) is 1. The highest BCUT2D eigenvalue weighted by molar-refractivity contribution is 5.75. The second-order valence-electron chi connectivity index (χ2n) is 5.74. The van der Waals surface area contributed by atoms with Crippen LogP contribution >= 0.6 is 0 Å². The molecule has 0 spiro atoms. The van der Waals surface area contributed by atoms with Gasteiger partial charge in [-0.3, -0.25) is 0 Å². The summed E-state index contributed by atoms with van der Waals surface area (Å²) in [5.41, 5.74) is 2.31. The molecular weight excluding hydrogens is 234 g/mol. The number of aryl methyl sites for hydroxylation is 1. The van der Waals surface area contributed by atoms with E-state index in [4.69, 9.17) is 4.98 Å². The lowest BCUT2D eigenvalue weighted by Crippen LogP contribution is -2.34. The molecule has 0 bridgehead atoms. The Morgan fingerprint density at radius 2 is 1.95 bits per heavy atom. The van der Waals surface area contributed by atoms with Crippen LogP contribution in [0.1, 0.15) is 50.9 Å². The van der Waals surface area contributed by atoms with Gasteiger partial charge in [0.1, 0.15) is 5.82 Å². The molecule has 1 aromatic carbocycles. The van der Waals surface area contributed by atoms with E-state index in [9.17, 15) is 0 Å². The van der Waals surface area contributed by atoms with E-state index in [1.54, 1.807) is 0 Å². The second kappa shape index (κ2) is 5.33. The molecule has 3 nitrogen and oxygen atoms in total. The number of aromatic nitrogens is 2. The first-order chi connectivity index (χ1) is 9.25. The maximum atomic E-state index is 4.78. The SMILES string of the molecule is CC(NC1CCCCC1)c1nc2ccccc2n1C. The Labute approximate surface area is 115 Å². The first-order valence-electron chi connectivity index (χ1n) is 7.43. The Morgan fingerprint density at radius 3 is 2.68 bits per heavy atom. The normalized spacial score (nSPS) is 18.8. The zero-order valence-corrected chi connectivity index (χ0v) is 11.9. The lowest BCUT2D eigenvalue weighted by molar-refractivity contribution is 0.340. The smallest absolute Gasteiger partial charge is 0.126 e. The van der Waals surface area contributed by atoms with Gasteiger partial charge in [-0.2, -0.15) is 0 Å². The summed E-state index contributed by atoms with van der Waals surface area (Å²) in [5, 5.41) is 3.75. The van der Waals surface area contributed by atoms with Gasteiger partial charge in [0.25, 0.3) is 0 Å². The molecule has 3 rings (SSSR count). The van der Waals surface area contributed by atoms with Crippen LogP contribution < -0.4 is 5.32 Å². The average molecular weight is 257 g/mol. The predicted octanol–water partition coefficient (Wildman–Crippen LogP) is 3.56. The fourth-order valence-corrected chi connectivity index (χ4v) is 3.25. The molecule has 1 N–H and O–H groups in total. The second-order valence-corrected chi connectivity index (χ2v) is 5.74. The van der Waals surface area contributed by atoms with E-state index in [0.717, 1.165) is 11.3 Å². The number of imidazole rings is 1. The lowest BCUT2D eigenvalue weighted by Gasteiger charge is -2.26. The summed E-state index contributed by atoms with van der Waals surface area (Å²) in [6.07, 6.45) is 6.77. The Balaban J connectivity index is 1.80. The Kier molecular flexibility index (Phi) is 3.56. The zero-order chi connectivity index (χ0) is 13.2. The van der Waals surface area contributed by atoms with Gasteiger partial charge >= 0.3 is 0 Å². The molecular formula is C16H23N3. The molecule has 1 fully saturated rings. The average Bonchev–Trinajstić information content (AvgIpc) is 2.78. The van der Waals surface area contributed by atoms with Gasteiger partial charge in [0.15, 0.2) is 0 Å². The summed E-state index contributed by atoms with van der Waals surface area (Å²) < 4.78 is 2.22. The number of fused-ring (bicyclic) bond motifs is 1. The molecule has 0 aliphatic heterocycles. The van der Waals surface area contributed by atoms with Gasteiger partial charge < -0.3 is 9.88 Å². The van der Waals surface area contributed by atoms with Gasteiger partial charge in [-0.15, -0.1) is 0 Å². The van der Waals surface area contributed by atoms with Crippen molar-refractivity contribution in [2.24, 2.45) is 7.05 Å². The number of para-hydroxylation sites is 2. The third-order valence-corrected chi connectivity index (χ3v) is 4.30. The van der Waals surface area contributed by atoms with Crippen molar-refractivity contribution in [1.29, 1.82) is 0 Å². The summed E-state index contributed by atoms with van der Waals surface area (Å²) >= 11 is 0. The molecule has 0 radical (unpaired) electrons. The molecule has 102 valence electrons. The van der Waals surface area contributed by atoms with E-state index >= 15 is 0 Å². The lowest BCUT2D eigenvalue weighted by atomic mass is 9.95. The highest BCUT2D eigenvalue weighted by Gasteiger charge is 2.19. The van der Waals surface area contributed by atoms with Crippen LogP contribution in [0.15, 0.2) is 24.3 Å². The van der Waals surface area contributed by atoms with Gasteiger partial charge in [0.2, 0.25) is 0 Å². The zero-order valence-electron chi connectivity index (χ0n) is 11.9. The standard InChI is InChI=1S/C16H23N3/c1-12(17-13-8-4-3-5-9-13)16-18-14-10-6-7-11-15(14)19(16)2/h6-7,10-13,17H,3-5,8-9H2,1-2H3. The molecule has 1 aliphatic rings. The molecule has 1 atom stereocenters. The van der Waals surface area contributed by atoms with Crippen LogP contribution in [0, 0.1) is 0 Å². The van der Waals surface area contributed by atoms with Gasteiger partial charge in [0, 0.05) is 13.1 Å². The van der Waals surface area contributed by atoms with Crippen LogP contribution in [-0.4, -0.2) is 15.6 Å². The quantitative estimate of drug-likeness (QED) is 0.911. The first kappa shape index (κ1) is 12.7. The number of rotatable bonds is 3. The Bertz CT molecular complexity index is 552. The summed E-state index contributed by atoms with van der Waals surface area (Å²) in [6, 6.07) is 9.35. The molecule has 0 saturated heterocycles. The summed E-state index contributed by atoms with van der Waals surface area (Å²) in [7, 11) is 2.11. The molecule has 19 heavy (non-hydrogen) atoms. The minimum Gasteiger partial charge on any atom is -0.330 e. The van der Waals surface area contributed by atoms with E-state index in [2.05, 4.69) is 48.1 Å². The van der Waals surface area contributed by atoms with Crippen molar-refractivity contribution in [2.45, 2.75) is 51.1 Å². The number of benzene rings is 1. The third kappa shape index (κ3) is 2.52. The minimum atomic E-state index is 0.320. The van der Waals surface area contributed by atoms with E-state index in [1.165, 1.54) is 37.6 Å². The topological polar surface area (TPSA) is 29.9 Å². The van der Waals surface area contributed by atoms with Gasteiger partial charge in [-0.1, -0.05) is 31.4 Å². The molecule has 0 amide bonds. The fourth-order valence-electron chi connectivity index (χ4n) is 3.25. The first-order valence-corrected chi connectivity index (χ1v) is 7.43. The van der Waals surface area contributed by atoms with Crippen molar-refractivity contribution in [2.75, 3.05) is 0 Å². The highest BCUT2D eigenvalue weighted by atomic mass is 15.1. The molecule has 1 heterocycles. The maximum Gasteiger partial charge on any atom is 0.126 e. The van der Waals surface area contributed by atoms with E-state index in [1.807, 2.05) is 0 Å². The summed E-state index contributed by atoms with van der Waals surface area (Å²) in [5.74, 6) is 1.15. The number of hydrogen-bond donors (Lipinski definition) is 1. The van der Waals surface area contributed by atoms with Gasteiger partial charge in [0.05, 0.1) is 17.1 Å². The molecule has 1 aliphatic carbocycles. The molecule has 1 saturated carbocycles. The van der Waals surface area contributed by atoms with Crippen LogP contribution in [0.25, 0.3) is 11.0 Å². The molecule has 1 aromatic heterocycles. The number of hydrogen-bond acceptors (Lipinski definition) is 2. The van der Waals surface area contributed by atoms with Crippen molar-refractivity contribution >= 4 is 11.0 Å². The third-order valence-electron chi connectivity index (χ3n) is 4.30. The van der Waals surface area contributed by atoms with Crippen molar-refractivity contribution in [1.82, 2.24) is 14.9 Å². The van der Waals surface area contributed by atoms with E-state index in [0.29, 0.717) is 12.1 Å². The Morgan fingerprint density at radius 1 is 1.21 bits per heavy atom. The highest BCUT2D eigenvalue weighted by Crippen LogP contribution is 2.23. The summed E-state index contributed by atoms with van der Waals surface area (Å²) in [4.78, 5) is 4.78. The maximum absolute atomic E-state index is 4.78. The van der Waals surface area contributed by atoms with Crippen molar-refractivity contribution in [3.8, 4) is 0 Å². The monoisotopic (exact) mass is 257 g/mol. The van der Waals surface area contributed by atoms with Crippen molar-refractivity contribution < 1.29 is 0 Å². The minimum absolute atomic E-state index is 0.320. The fraction of sp³-hybridized carbons (Fsp3) is 0.562. The van der Waals surface area contributed by atoms with Crippen LogP contribution in [0.4, 0.5) is 0 Å². The van der Waals surface area contributed by atoms with Crippen molar-refractivity contribution in [3.05, 3.63) is 30.1 Å². The van der Waals surface area contributed by atoms with Crippen LogP contribution in [0.3, 0.4) is 0 Å². The number of nitrogens with zero attached hydrogens (tertiary/aromatic N) is 2. The van der Waals surface area contributed by atoms with Crippen LogP contribution in [0.2, 0.25) is 0 Å². The van der Waals surface area contributed by atoms with Gasteiger partial charge in [-0.05, 0) is 31.9 Å². The Hall–Kier alpha value is -1.35. The van der Waals surface area contributed by atoms with E-state index in [-0.39, 0.29) is 0 Å². The summed E-state index contributed by atoms with van der Waals surface area (Å²) in [6.45, 7) is 2.23. The molecule has 3 heteroatoms. The molecule has 1 unspecified atom stereocenters. The van der Waals surface area contributed by atoms with E-state index < -0.39 is 0 Å².